The molecule has 28 heavy (non-hydrogen) atoms. The van der Waals surface area contributed by atoms with Crippen LogP contribution in [0.4, 0.5) is 0 Å². The SMILES string of the molecule is CN1CCCC[C@H]1c1ncc2c(n1)CCN(C(=O)c1csc3c1CCCC3)C2. The van der Waals surface area contributed by atoms with Crippen LogP contribution in [-0.2, 0) is 25.8 Å². The highest BCUT2D eigenvalue weighted by molar-refractivity contribution is 7.10. The van der Waals surface area contributed by atoms with Crippen LogP contribution in [0.15, 0.2) is 11.6 Å². The maximum absolute atomic E-state index is 13.2. The first-order valence-electron chi connectivity index (χ1n) is 10.6. The number of nitrogens with zero attached hydrogens (tertiary/aromatic N) is 4. The van der Waals surface area contributed by atoms with Crippen LogP contribution in [0.2, 0.25) is 0 Å². The molecule has 1 aliphatic carbocycles. The number of piperidine rings is 1. The van der Waals surface area contributed by atoms with Crippen molar-refractivity contribution >= 4 is 17.2 Å². The number of aryl methyl sites for hydroxylation is 1. The number of thiophene rings is 1. The molecule has 2 aromatic rings. The van der Waals surface area contributed by atoms with Crippen LogP contribution < -0.4 is 0 Å². The van der Waals surface area contributed by atoms with E-state index in [1.54, 1.807) is 11.3 Å². The summed E-state index contributed by atoms with van der Waals surface area (Å²) in [5.74, 6) is 1.16. The summed E-state index contributed by atoms with van der Waals surface area (Å²) in [7, 11) is 2.18. The Bertz CT molecular complexity index is 893. The largest absolute Gasteiger partial charge is 0.334 e. The number of hydrogen-bond acceptors (Lipinski definition) is 5. The van der Waals surface area contributed by atoms with Gasteiger partial charge in [-0.3, -0.25) is 9.69 Å². The van der Waals surface area contributed by atoms with Crippen LogP contribution >= 0.6 is 11.3 Å². The number of likely N-dealkylation sites (tertiary alicyclic amines) is 1. The van der Waals surface area contributed by atoms with Crippen LogP contribution in [0.1, 0.15) is 76.0 Å². The second kappa shape index (κ2) is 7.56. The van der Waals surface area contributed by atoms with Gasteiger partial charge in [0.15, 0.2) is 0 Å². The Kier molecular flexibility index (Phi) is 4.93. The Morgan fingerprint density at radius 1 is 1.14 bits per heavy atom. The summed E-state index contributed by atoms with van der Waals surface area (Å²) in [5.41, 5.74) is 4.52. The van der Waals surface area contributed by atoms with Crippen molar-refractivity contribution in [3.05, 3.63) is 44.7 Å². The molecule has 0 aromatic carbocycles. The van der Waals surface area contributed by atoms with Crippen molar-refractivity contribution in [1.29, 1.82) is 0 Å². The van der Waals surface area contributed by atoms with E-state index < -0.39 is 0 Å². The lowest BCUT2D eigenvalue weighted by molar-refractivity contribution is 0.0732. The summed E-state index contributed by atoms with van der Waals surface area (Å²) in [6.45, 7) is 2.52. The van der Waals surface area contributed by atoms with E-state index in [2.05, 4.69) is 17.3 Å². The number of amides is 1. The zero-order valence-electron chi connectivity index (χ0n) is 16.6. The Balaban J connectivity index is 1.34. The number of rotatable bonds is 2. The minimum atomic E-state index is 0.196. The average Bonchev–Trinajstić information content (AvgIpc) is 3.17. The molecule has 148 valence electrons. The fourth-order valence-electron chi connectivity index (χ4n) is 4.91. The number of carbonyl (C=O) groups is 1. The molecule has 2 aliphatic heterocycles. The highest BCUT2D eigenvalue weighted by Gasteiger charge is 2.29. The molecule has 4 heterocycles. The van der Waals surface area contributed by atoms with Crippen molar-refractivity contribution in [1.82, 2.24) is 19.8 Å². The minimum Gasteiger partial charge on any atom is -0.334 e. The highest BCUT2D eigenvalue weighted by Crippen LogP contribution is 2.32. The predicted molar refractivity (Wildman–Crippen MR) is 111 cm³/mol. The number of carbonyl (C=O) groups excluding carboxylic acids is 1. The zero-order chi connectivity index (χ0) is 19.1. The average molecular weight is 397 g/mol. The highest BCUT2D eigenvalue weighted by atomic mass is 32.1. The maximum Gasteiger partial charge on any atom is 0.255 e. The molecule has 5 nitrogen and oxygen atoms in total. The molecular formula is C22H28N4OS. The molecule has 0 bridgehead atoms. The van der Waals surface area contributed by atoms with E-state index in [0.717, 1.165) is 61.4 Å². The lowest BCUT2D eigenvalue weighted by Crippen LogP contribution is -2.37. The molecule has 1 atom stereocenters. The summed E-state index contributed by atoms with van der Waals surface area (Å²) in [4.78, 5) is 28.6. The molecule has 0 radical (unpaired) electrons. The van der Waals surface area contributed by atoms with Gasteiger partial charge in [0, 0.05) is 41.5 Å². The van der Waals surface area contributed by atoms with Gasteiger partial charge < -0.3 is 4.90 Å². The normalized spacial score (nSPS) is 22.6. The Morgan fingerprint density at radius 3 is 2.93 bits per heavy atom. The topological polar surface area (TPSA) is 49.3 Å². The van der Waals surface area contributed by atoms with E-state index in [9.17, 15) is 4.79 Å². The van der Waals surface area contributed by atoms with Crippen molar-refractivity contribution in [2.45, 2.75) is 64.0 Å². The van der Waals surface area contributed by atoms with Crippen LogP contribution in [0.25, 0.3) is 0 Å². The second-order valence-electron chi connectivity index (χ2n) is 8.43. The third-order valence-electron chi connectivity index (χ3n) is 6.60. The van der Waals surface area contributed by atoms with Crippen molar-refractivity contribution in [3.63, 3.8) is 0 Å². The van der Waals surface area contributed by atoms with E-state index >= 15 is 0 Å². The van der Waals surface area contributed by atoms with Crippen molar-refractivity contribution < 1.29 is 4.79 Å². The predicted octanol–water partition coefficient (Wildman–Crippen LogP) is 3.77. The smallest absolute Gasteiger partial charge is 0.255 e. The van der Waals surface area contributed by atoms with Gasteiger partial charge in [0.25, 0.3) is 5.91 Å². The molecule has 6 heteroatoms. The molecule has 0 spiro atoms. The van der Waals surface area contributed by atoms with Gasteiger partial charge in [-0.2, -0.15) is 0 Å². The fraction of sp³-hybridized carbons (Fsp3) is 0.591. The van der Waals surface area contributed by atoms with Gasteiger partial charge in [-0.1, -0.05) is 6.42 Å². The Labute approximate surface area is 170 Å². The van der Waals surface area contributed by atoms with Gasteiger partial charge in [-0.25, -0.2) is 9.97 Å². The van der Waals surface area contributed by atoms with Gasteiger partial charge in [0.2, 0.25) is 0 Å². The first kappa shape index (κ1) is 18.3. The quantitative estimate of drug-likeness (QED) is 0.775. The van der Waals surface area contributed by atoms with Gasteiger partial charge in [-0.15, -0.1) is 11.3 Å². The van der Waals surface area contributed by atoms with Crippen molar-refractivity contribution in [3.8, 4) is 0 Å². The van der Waals surface area contributed by atoms with Crippen LogP contribution in [0, 0.1) is 0 Å². The van der Waals surface area contributed by atoms with Gasteiger partial charge in [-0.05, 0) is 57.7 Å². The molecule has 0 unspecified atom stereocenters. The third-order valence-corrected chi connectivity index (χ3v) is 7.69. The van der Waals surface area contributed by atoms with Gasteiger partial charge in [0.1, 0.15) is 5.82 Å². The molecular weight excluding hydrogens is 368 g/mol. The van der Waals surface area contributed by atoms with Gasteiger partial charge >= 0.3 is 0 Å². The van der Waals surface area contributed by atoms with E-state index in [1.807, 2.05) is 11.1 Å². The standard InChI is InChI=1S/C22H28N4OS/c1-25-10-5-4-7-19(25)21-23-12-15-13-26(11-9-18(15)24-21)22(27)17-14-28-20-8-3-2-6-16(17)20/h12,14,19H,2-11,13H2,1H3/t19-/m0/s1. The molecule has 0 saturated carbocycles. The third kappa shape index (κ3) is 3.26. The summed E-state index contributed by atoms with van der Waals surface area (Å²) in [6, 6.07) is 0.344. The summed E-state index contributed by atoms with van der Waals surface area (Å²) in [5, 5.41) is 2.09. The molecule has 1 saturated heterocycles. The number of hydrogen-bond donors (Lipinski definition) is 0. The van der Waals surface area contributed by atoms with E-state index in [4.69, 9.17) is 9.97 Å². The summed E-state index contributed by atoms with van der Waals surface area (Å²) < 4.78 is 0. The first-order valence-corrected chi connectivity index (χ1v) is 11.5. The number of fused-ring (bicyclic) bond motifs is 2. The van der Waals surface area contributed by atoms with E-state index in [0.29, 0.717) is 12.6 Å². The van der Waals surface area contributed by atoms with Crippen molar-refractivity contribution in [2.75, 3.05) is 20.1 Å². The second-order valence-corrected chi connectivity index (χ2v) is 9.39. The van der Waals surface area contributed by atoms with Crippen LogP contribution in [0.5, 0.6) is 0 Å². The maximum atomic E-state index is 13.2. The molecule has 2 aromatic heterocycles. The fourth-order valence-corrected chi connectivity index (χ4v) is 6.03. The summed E-state index contributed by atoms with van der Waals surface area (Å²) >= 11 is 1.77. The van der Waals surface area contributed by atoms with Gasteiger partial charge in [0.05, 0.1) is 17.3 Å². The lowest BCUT2D eigenvalue weighted by Gasteiger charge is -2.33. The molecule has 0 N–H and O–H groups in total. The Morgan fingerprint density at radius 2 is 2.04 bits per heavy atom. The zero-order valence-corrected chi connectivity index (χ0v) is 17.4. The molecule has 5 rings (SSSR count). The lowest BCUT2D eigenvalue weighted by atomic mass is 9.95. The molecule has 1 fully saturated rings. The molecule has 1 amide bonds. The Hall–Kier alpha value is -1.79. The minimum absolute atomic E-state index is 0.196. The van der Waals surface area contributed by atoms with Crippen LogP contribution in [0.3, 0.4) is 0 Å². The van der Waals surface area contributed by atoms with Crippen molar-refractivity contribution in [2.24, 2.45) is 0 Å². The number of aromatic nitrogens is 2. The van der Waals surface area contributed by atoms with E-state index in [-0.39, 0.29) is 5.91 Å². The molecule has 3 aliphatic rings. The monoisotopic (exact) mass is 396 g/mol. The first-order chi connectivity index (χ1) is 13.7. The van der Waals surface area contributed by atoms with E-state index in [1.165, 1.54) is 36.1 Å². The summed E-state index contributed by atoms with van der Waals surface area (Å²) in [6.07, 6.45) is 11.1. The van der Waals surface area contributed by atoms with Crippen LogP contribution in [-0.4, -0.2) is 45.8 Å².